The van der Waals surface area contributed by atoms with E-state index >= 15 is 0 Å². The molecule has 0 saturated carbocycles. The maximum atomic E-state index is 5.80. The summed E-state index contributed by atoms with van der Waals surface area (Å²) in [6, 6.07) is 9.46. The molecule has 0 radical (unpaired) electrons. The van der Waals surface area contributed by atoms with E-state index in [-0.39, 0.29) is 0 Å². The number of halogens is 1. The van der Waals surface area contributed by atoms with Crippen LogP contribution in [0.15, 0.2) is 36.5 Å². The number of hydrogen-bond donors (Lipinski definition) is 1. The molecule has 0 bridgehead atoms. The van der Waals surface area contributed by atoms with E-state index in [1.165, 1.54) is 0 Å². The maximum Gasteiger partial charge on any atom is 0.111 e. The molecular weight excluding hydrogens is 228 g/mol. The molecule has 1 N–H and O–H groups in total. The van der Waals surface area contributed by atoms with Gasteiger partial charge in [0.25, 0.3) is 0 Å². The van der Waals surface area contributed by atoms with Crippen LogP contribution in [0.3, 0.4) is 0 Å². The fourth-order valence-electron chi connectivity index (χ4n) is 1.30. The third-order valence-electron chi connectivity index (χ3n) is 2.01. The van der Waals surface area contributed by atoms with Crippen LogP contribution in [0.25, 0.3) is 0 Å². The summed E-state index contributed by atoms with van der Waals surface area (Å²) in [5.74, 6) is 0.866. The van der Waals surface area contributed by atoms with Crippen molar-refractivity contribution in [2.24, 2.45) is 0 Å². The van der Waals surface area contributed by atoms with Crippen molar-refractivity contribution >= 4 is 23.8 Å². The second-order valence-electron chi connectivity index (χ2n) is 3.18. The van der Waals surface area contributed by atoms with Crippen molar-refractivity contribution in [2.75, 3.05) is 0 Å². The van der Waals surface area contributed by atoms with Gasteiger partial charge in [-0.25, -0.2) is 4.98 Å². The molecule has 1 aromatic heterocycles. The predicted molar refractivity (Wildman–Crippen MR) is 63.7 cm³/mol. The molecule has 15 heavy (non-hydrogen) atoms. The lowest BCUT2D eigenvalue weighted by Crippen LogP contribution is -1.95. The highest BCUT2D eigenvalue weighted by molar-refractivity contribution is 7.71. The van der Waals surface area contributed by atoms with Crippen molar-refractivity contribution in [3.8, 4) is 0 Å². The average Bonchev–Trinajstić information content (AvgIpc) is 2.22. The van der Waals surface area contributed by atoms with Crippen LogP contribution in [0.4, 0.5) is 0 Å². The van der Waals surface area contributed by atoms with Gasteiger partial charge in [-0.05, 0) is 23.8 Å². The van der Waals surface area contributed by atoms with E-state index in [4.69, 9.17) is 23.8 Å². The zero-order valence-electron chi connectivity index (χ0n) is 7.90. The van der Waals surface area contributed by atoms with Crippen LogP contribution < -0.4 is 0 Å². The number of rotatable bonds is 2. The van der Waals surface area contributed by atoms with Crippen LogP contribution in [-0.2, 0) is 6.42 Å². The zero-order chi connectivity index (χ0) is 10.7. The monoisotopic (exact) mass is 236 g/mol. The molecular formula is C11H9ClN2S. The Morgan fingerprint density at radius 2 is 1.93 bits per heavy atom. The highest BCUT2D eigenvalue weighted by atomic mass is 35.5. The Labute approximate surface area is 98.0 Å². The van der Waals surface area contributed by atoms with Gasteiger partial charge in [-0.2, -0.15) is 0 Å². The number of aromatic amines is 1. The minimum Gasteiger partial charge on any atom is -0.335 e. The molecule has 0 saturated heterocycles. The third kappa shape index (κ3) is 2.88. The first-order valence-electron chi connectivity index (χ1n) is 4.53. The van der Waals surface area contributed by atoms with Crippen LogP contribution in [0, 0.1) is 4.64 Å². The standard InChI is InChI=1S/C11H9ClN2S/c12-9-3-1-8(2-4-9)7-10-13-6-5-11(15)14-10/h1-6H,7H2,(H,13,14,15). The van der Waals surface area contributed by atoms with Gasteiger partial charge in [-0.15, -0.1) is 0 Å². The smallest absolute Gasteiger partial charge is 0.111 e. The molecule has 0 atom stereocenters. The summed E-state index contributed by atoms with van der Waals surface area (Å²) < 4.78 is 0.703. The van der Waals surface area contributed by atoms with E-state index < -0.39 is 0 Å². The van der Waals surface area contributed by atoms with E-state index in [2.05, 4.69) is 9.97 Å². The number of aromatic nitrogens is 2. The lowest BCUT2D eigenvalue weighted by molar-refractivity contribution is 0.960. The van der Waals surface area contributed by atoms with Gasteiger partial charge in [0.2, 0.25) is 0 Å². The van der Waals surface area contributed by atoms with Crippen LogP contribution in [-0.4, -0.2) is 9.97 Å². The average molecular weight is 237 g/mol. The molecule has 2 rings (SSSR count). The van der Waals surface area contributed by atoms with Gasteiger partial charge in [-0.1, -0.05) is 36.0 Å². The minimum absolute atomic E-state index is 0.703. The Morgan fingerprint density at radius 3 is 2.60 bits per heavy atom. The van der Waals surface area contributed by atoms with Crippen molar-refractivity contribution in [1.29, 1.82) is 0 Å². The Balaban J connectivity index is 2.22. The number of hydrogen-bond acceptors (Lipinski definition) is 2. The number of nitrogens with zero attached hydrogens (tertiary/aromatic N) is 1. The van der Waals surface area contributed by atoms with Gasteiger partial charge in [0, 0.05) is 17.6 Å². The second-order valence-corrected chi connectivity index (χ2v) is 4.06. The highest BCUT2D eigenvalue weighted by Gasteiger charge is 1.97. The van der Waals surface area contributed by atoms with Crippen LogP contribution in [0.1, 0.15) is 11.4 Å². The van der Waals surface area contributed by atoms with E-state index in [1.54, 1.807) is 12.3 Å². The quantitative estimate of drug-likeness (QED) is 0.810. The molecule has 0 aliphatic carbocycles. The van der Waals surface area contributed by atoms with Gasteiger partial charge >= 0.3 is 0 Å². The first kappa shape index (κ1) is 10.3. The largest absolute Gasteiger partial charge is 0.335 e. The summed E-state index contributed by atoms with van der Waals surface area (Å²) in [4.78, 5) is 7.24. The molecule has 0 fully saturated rings. The Bertz CT molecular complexity index is 504. The highest BCUT2D eigenvalue weighted by Crippen LogP contribution is 2.11. The van der Waals surface area contributed by atoms with Crippen LogP contribution >= 0.6 is 23.8 Å². The number of H-pyrrole nitrogens is 1. The van der Waals surface area contributed by atoms with Crippen molar-refractivity contribution in [2.45, 2.75) is 6.42 Å². The van der Waals surface area contributed by atoms with Crippen LogP contribution in [0.5, 0.6) is 0 Å². The Kier molecular flexibility index (Phi) is 3.14. The molecule has 2 aromatic rings. The molecule has 4 heteroatoms. The molecule has 1 aromatic carbocycles. The molecule has 0 spiro atoms. The summed E-state index contributed by atoms with van der Waals surface area (Å²) in [7, 11) is 0. The van der Waals surface area contributed by atoms with Crippen LogP contribution in [0.2, 0.25) is 5.02 Å². The fraction of sp³-hybridized carbons (Fsp3) is 0.0909. The van der Waals surface area contributed by atoms with E-state index in [0.29, 0.717) is 4.64 Å². The minimum atomic E-state index is 0.703. The maximum absolute atomic E-state index is 5.80. The van der Waals surface area contributed by atoms with E-state index in [9.17, 15) is 0 Å². The van der Waals surface area contributed by atoms with E-state index in [1.807, 2.05) is 24.3 Å². The van der Waals surface area contributed by atoms with Gasteiger partial charge in [-0.3, -0.25) is 0 Å². The summed E-state index contributed by atoms with van der Waals surface area (Å²) >= 11 is 10.8. The van der Waals surface area contributed by atoms with Crippen molar-refractivity contribution in [3.63, 3.8) is 0 Å². The summed E-state index contributed by atoms with van der Waals surface area (Å²) in [6.45, 7) is 0. The molecule has 76 valence electrons. The molecule has 1 heterocycles. The van der Waals surface area contributed by atoms with Crippen molar-refractivity contribution in [1.82, 2.24) is 9.97 Å². The lowest BCUT2D eigenvalue weighted by Gasteiger charge is -2.00. The Hall–Kier alpha value is -1.19. The van der Waals surface area contributed by atoms with Gasteiger partial charge in [0.05, 0.1) is 0 Å². The lowest BCUT2D eigenvalue weighted by atomic mass is 10.1. The number of nitrogens with one attached hydrogen (secondary N) is 1. The SMILES string of the molecule is S=c1ccnc(Cc2ccc(Cl)cc2)[nH]1. The van der Waals surface area contributed by atoms with Gasteiger partial charge in [0.1, 0.15) is 10.5 Å². The molecule has 0 amide bonds. The van der Waals surface area contributed by atoms with Crippen molar-refractivity contribution < 1.29 is 0 Å². The predicted octanol–water partition coefficient (Wildman–Crippen LogP) is 3.38. The molecule has 0 unspecified atom stereocenters. The Morgan fingerprint density at radius 1 is 1.20 bits per heavy atom. The van der Waals surface area contributed by atoms with Crippen molar-refractivity contribution in [3.05, 3.63) is 57.6 Å². The fourth-order valence-corrected chi connectivity index (χ4v) is 1.60. The second kappa shape index (κ2) is 4.55. The summed E-state index contributed by atoms with van der Waals surface area (Å²) in [5, 5.41) is 0.743. The number of benzene rings is 1. The normalized spacial score (nSPS) is 10.2. The first-order valence-corrected chi connectivity index (χ1v) is 5.31. The summed E-state index contributed by atoms with van der Waals surface area (Å²) in [5.41, 5.74) is 1.16. The topological polar surface area (TPSA) is 28.7 Å². The molecule has 0 aliphatic heterocycles. The van der Waals surface area contributed by atoms with Gasteiger partial charge < -0.3 is 4.98 Å². The molecule has 2 nitrogen and oxygen atoms in total. The van der Waals surface area contributed by atoms with E-state index in [0.717, 1.165) is 22.8 Å². The summed E-state index contributed by atoms with van der Waals surface area (Å²) in [6.07, 6.45) is 2.45. The zero-order valence-corrected chi connectivity index (χ0v) is 9.48. The molecule has 0 aliphatic rings. The third-order valence-corrected chi connectivity index (χ3v) is 2.50. The van der Waals surface area contributed by atoms with Gasteiger partial charge in [0.15, 0.2) is 0 Å². The first-order chi connectivity index (χ1) is 7.24.